The van der Waals surface area contributed by atoms with Crippen molar-refractivity contribution in [2.75, 3.05) is 44.7 Å². The average molecular weight is 690 g/mol. The number of aliphatic hydroxyl groups is 1. The number of nitrogens with one attached hydrogen (secondary N) is 2. The zero-order chi connectivity index (χ0) is 34.7. The first-order valence-corrected chi connectivity index (χ1v) is 17.8. The van der Waals surface area contributed by atoms with Crippen LogP contribution in [0, 0.1) is 20.8 Å². The van der Waals surface area contributed by atoms with Crippen molar-refractivity contribution < 1.29 is 19.5 Å². The van der Waals surface area contributed by atoms with Gasteiger partial charge in [-0.3, -0.25) is 19.2 Å². The molecule has 0 aliphatic carbocycles. The van der Waals surface area contributed by atoms with Crippen molar-refractivity contribution in [3.8, 4) is 10.4 Å². The number of hydrogen-bond donors (Lipinski definition) is 3. The number of carbonyl (C=O) groups is 3. The summed E-state index contributed by atoms with van der Waals surface area (Å²) in [7, 11) is 1.68. The van der Waals surface area contributed by atoms with Gasteiger partial charge in [-0.1, -0.05) is 6.58 Å². The molecule has 1 fully saturated rings. The number of thiophene rings is 2. The molecule has 254 valence electrons. The number of pyridine rings is 1. The first-order valence-electron chi connectivity index (χ1n) is 16.2. The third-order valence-electron chi connectivity index (χ3n) is 9.07. The van der Waals surface area contributed by atoms with Crippen molar-refractivity contribution in [1.29, 1.82) is 0 Å². The average Bonchev–Trinajstić information content (AvgIpc) is 3.65. The Labute approximate surface area is 288 Å². The van der Waals surface area contributed by atoms with Gasteiger partial charge in [0, 0.05) is 82.6 Å². The number of piperidine rings is 1. The third-order valence-corrected chi connectivity index (χ3v) is 11.4. The van der Waals surface area contributed by atoms with Gasteiger partial charge in [0.2, 0.25) is 5.91 Å². The monoisotopic (exact) mass is 689 g/mol. The van der Waals surface area contributed by atoms with Crippen LogP contribution in [0.2, 0.25) is 0 Å². The van der Waals surface area contributed by atoms with Crippen molar-refractivity contribution in [2.24, 2.45) is 0 Å². The van der Waals surface area contributed by atoms with E-state index in [1.54, 1.807) is 18.4 Å². The lowest BCUT2D eigenvalue weighted by atomic mass is 9.96. The largest absolute Gasteiger partial charge is 0.395 e. The highest BCUT2D eigenvalue weighted by molar-refractivity contribution is 7.30. The molecule has 3 amide bonds. The fourth-order valence-electron chi connectivity index (χ4n) is 6.42. The van der Waals surface area contributed by atoms with Crippen LogP contribution in [0.15, 0.2) is 47.8 Å². The van der Waals surface area contributed by atoms with E-state index in [0.29, 0.717) is 29.1 Å². The summed E-state index contributed by atoms with van der Waals surface area (Å²) in [5, 5.41) is 12.3. The highest BCUT2D eigenvalue weighted by Gasteiger charge is 2.28. The van der Waals surface area contributed by atoms with E-state index in [-0.39, 0.29) is 49.0 Å². The summed E-state index contributed by atoms with van der Waals surface area (Å²) in [6.07, 6.45) is 2.95. The number of likely N-dealkylation sites (N-methyl/N-ethyl adjacent to an activating group) is 1. The highest BCUT2D eigenvalue weighted by Crippen LogP contribution is 2.41. The second-order valence-corrected chi connectivity index (χ2v) is 14.4. The first-order chi connectivity index (χ1) is 22.9. The van der Waals surface area contributed by atoms with Gasteiger partial charge in [-0.25, -0.2) is 0 Å². The molecular weight excluding hydrogens is 647 g/mol. The number of likely N-dealkylation sites (tertiary alicyclic amines) is 1. The molecule has 0 radical (unpaired) electrons. The number of fused-ring (bicyclic) bond motifs is 1. The Kier molecular flexibility index (Phi) is 10.9. The molecular formula is C36H43N5O5S2. The van der Waals surface area contributed by atoms with Crippen LogP contribution in [0.3, 0.4) is 0 Å². The van der Waals surface area contributed by atoms with Gasteiger partial charge in [0.1, 0.15) is 0 Å². The Balaban J connectivity index is 1.51. The van der Waals surface area contributed by atoms with Gasteiger partial charge >= 0.3 is 0 Å². The number of benzene rings is 1. The van der Waals surface area contributed by atoms with Gasteiger partial charge in [-0.15, -0.1) is 22.7 Å². The van der Waals surface area contributed by atoms with Gasteiger partial charge in [0.05, 0.1) is 11.5 Å². The van der Waals surface area contributed by atoms with Gasteiger partial charge in [0.15, 0.2) is 0 Å². The van der Waals surface area contributed by atoms with E-state index in [2.05, 4.69) is 40.8 Å². The fourth-order valence-corrected chi connectivity index (χ4v) is 8.79. The summed E-state index contributed by atoms with van der Waals surface area (Å²) >= 11 is 2.98. The number of H-pyrrole nitrogens is 1. The summed E-state index contributed by atoms with van der Waals surface area (Å²) in [6, 6.07) is 10.1. The van der Waals surface area contributed by atoms with Crippen LogP contribution in [0.5, 0.6) is 0 Å². The smallest absolute Gasteiger partial charge is 0.263 e. The van der Waals surface area contributed by atoms with E-state index in [0.717, 1.165) is 61.7 Å². The fraction of sp³-hybridized carbons (Fsp3) is 0.389. The van der Waals surface area contributed by atoms with Crippen molar-refractivity contribution in [1.82, 2.24) is 20.1 Å². The molecule has 0 unspecified atom stereocenters. The Morgan fingerprint density at radius 1 is 1.08 bits per heavy atom. The SMILES string of the molecule is C=CC(=O)N1CCC(N(CC)c2cc(-c3cc4sc(C(=O)N(C)CCO)cc4s3)cc(C(=O)NCc3c(C)cc(C)[nH]c3=O)c2C)CC1. The second-order valence-electron chi connectivity index (χ2n) is 12.2. The summed E-state index contributed by atoms with van der Waals surface area (Å²) < 4.78 is 1.95. The summed E-state index contributed by atoms with van der Waals surface area (Å²) in [5.74, 6) is -0.452. The number of aromatic nitrogens is 1. The molecule has 0 bridgehead atoms. The van der Waals surface area contributed by atoms with Crippen LogP contribution >= 0.6 is 22.7 Å². The Hall–Kier alpha value is -4.26. The predicted molar refractivity (Wildman–Crippen MR) is 194 cm³/mol. The number of rotatable bonds is 11. The molecule has 5 rings (SSSR count). The first kappa shape index (κ1) is 35.1. The lowest BCUT2D eigenvalue weighted by Crippen LogP contribution is -2.46. The molecule has 1 saturated heterocycles. The van der Waals surface area contributed by atoms with Crippen LogP contribution in [-0.2, 0) is 11.3 Å². The number of carbonyl (C=O) groups excluding carboxylic acids is 3. The molecule has 1 aliphatic rings. The van der Waals surface area contributed by atoms with Gasteiger partial charge in [-0.05, 0) is 93.6 Å². The number of amides is 3. The van der Waals surface area contributed by atoms with Crippen LogP contribution in [0.1, 0.15) is 62.2 Å². The van der Waals surface area contributed by atoms with Gasteiger partial charge < -0.3 is 30.1 Å². The van der Waals surface area contributed by atoms with E-state index in [4.69, 9.17) is 0 Å². The van der Waals surface area contributed by atoms with Gasteiger partial charge in [0.25, 0.3) is 17.4 Å². The zero-order valence-corrected chi connectivity index (χ0v) is 29.8. The Morgan fingerprint density at radius 2 is 1.79 bits per heavy atom. The van der Waals surface area contributed by atoms with E-state index in [1.165, 1.54) is 22.3 Å². The molecule has 3 N–H and O–H groups in total. The molecule has 48 heavy (non-hydrogen) atoms. The number of anilines is 1. The summed E-state index contributed by atoms with van der Waals surface area (Å²) in [5.41, 5.74) is 5.11. The molecule has 4 aromatic rings. The van der Waals surface area contributed by atoms with E-state index in [1.807, 2.05) is 43.9 Å². The number of hydrogen-bond acceptors (Lipinski definition) is 8. The van der Waals surface area contributed by atoms with E-state index in [9.17, 15) is 24.3 Å². The maximum Gasteiger partial charge on any atom is 0.263 e. The van der Waals surface area contributed by atoms with E-state index >= 15 is 0 Å². The second kappa shape index (κ2) is 14.9. The van der Waals surface area contributed by atoms with E-state index < -0.39 is 0 Å². The number of aryl methyl sites for hydroxylation is 2. The van der Waals surface area contributed by atoms with Crippen molar-refractivity contribution in [3.63, 3.8) is 0 Å². The van der Waals surface area contributed by atoms with Crippen molar-refractivity contribution in [3.05, 3.63) is 86.2 Å². The maximum atomic E-state index is 13.9. The molecule has 1 aromatic carbocycles. The van der Waals surface area contributed by atoms with Crippen LogP contribution in [0.4, 0.5) is 5.69 Å². The molecule has 3 aromatic heterocycles. The highest BCUT2D eigenvalue weighted by atomic mass is 32.1. The van der Waals surface area contributed by atoms with Crippen LogP contribution < -0.4 is 15.8 Å². The molecule has 4 heterocycles. The third kappa shape index (κ3) is 7.25. The minimum atomic E-state index is -0.268. The lowest BCUT2D eigenvalue weighted by molar-refractivity contribution is -0.127. The van der Waals surface area contributed by atoms with Crippen LogP contribution in [-0.4, -0.2) is 83.5 Å². The zero-order valence-electron chi connectivity index (χ0n) is 28.1. The van der Waals surface area contributed by atoms with Crippen molar-refractivity contribution >= 4 is 55.5 Å². The molecule has 10 nitrogen and oxygen atoms in total. The topological polar surface area (TPSA) is 126 Å². The molecule has 1 aliphatic heterocycles. The number of aromatic amines is 1. The van der Waals surface area contributed by atoms with Crippen LogP contribution in [0.25, 0.3) is 19.8 Å². The predicted octanol–water partition coefficient (Wildman–Crippen LogP) is 5.24. The maximum absolute atomic E-state index is 13.9. The lowest BCUT2D eigenvalue weighted by Gasteiger charge is -2.40. The molecule has 0 atom stereocenters. The minimum Gasteiger partial charge on any atom is -0.395 e. The summed E-state index contributed by atoms with van der Waals surface area (Å²) in [4.78, 5) is 61.8. The minimum absolute atomic E-state index is 0.0566. The molecule has 0 spiro atoms. The normalized spacial score (nSPS) is 13.5. The molecule has 0 saturated carbocycles. The number of nitrogens with zero attached hydrogens (tertiary/aromatic N) is 3. The van der Waals surface area contributed by atoms with Gasteiger partial charge in [-0.2, -0.15) is 0 Å². The Morgan fingerprint density at radius 3 is 2.42 bits per heavy atom. The Bertz CT molecular complexity index is 1890. The number of aliphatic hydroxyl groups excluding tert-OH is 1. The summed E-state index contributed by atoms with van der Waals surface area (Å²) in [6.45, 7) is 13.7. The standard InChI is InChI=1S/C36H43N5O5S2/c1-7-33(43)40-11-9-25(10-12-40)41(8-2)28-17-24(29-18-30-31(47-29)19-32(48-30)36(46)39(6)13-14-42)16-26(23(28)5)34(44)37-20-27-21(3)15-22(4)38-35(27)45/h7,15-19,25,42H,1,8-14,20H2,2-6H3,(H,37,44)(H,38,45). The molecule has 12 heteroatoms. The quantitative estimate of drug-likeness (QED) is 0.185. The van der Waals surface area contributed by atoms with Crippen molar-refractivity contribution in [2.45, 2.75) is 53.1 Å².